The van der Waals surface area contributed by atoms with Gasteiger partial charge in [0.25, 0.3) is 11.9 Å². The van der Waals surface area contributed by atoms with Crippen molar-refractivity contribution < 1.29 is 30.0 Å². The molecule has 0 radical (unpaired) electrons. The van der Waals surface area contributed by atoms with Crippen LogP contribution in [-0.4, -0.2) is 38.7 Å². The number of aliphatic hydroxyl groups is 2. The molecule has 6 heteroatoms. The number of aliphatic carboxylic acids is 2. The van der Waals surface area contributed by atoms with Crippen LogP contribution < -0.4 is 0 Å². The zero-order valence-corrected chi connectivity index (χ0v) is 9.59. The smallest absolute Gasteiger partial charge is 0.300 e. The van der Waals surface area contributed by atoms with Crippen molar-refractivity contribution in [3.05, 3.63) is 12.7 Å². The van der Waals surface area contributed by atoms with E-state index in [2.05, 4.69) is 6.58 Å². The molecule has 0 rings (SSSR count). The van der Waals surface area contributed by atoms with Gasteiger partial charge < -0.3 is 20.4 Å². The second-order valence-electron chi connectivity index (χ2n) is 2.74. The van der Waals surface area contributed by atoms with E-state index in [4.69, 9.17) is 30.0 Å². The van der Waals surface area contributed by atoms with Crippen LogP contribution in [0.3, 0.4) is 0 Å². The molecule has 0 amide bonds. The fourth-order valence-corrected chi connectivity index (χ4v) is 0.445. The number of hydrogen-bond acceptors (Lipinski definition) is 4. The molecule has 16 heavy (non-hydrogen) atoms. The molecule has 0 aromatic carbocycles. The van der Waals surface area contributed by atoms with Gasteiger partial charge in [0.2, 0.25) is 0 Å². The van der Waals surface area contributed by atoms with Crippen molar-refractivity contribution in [3.63, 3.8) is 0 Å². The van der Waals surface area contributed by atoms with Crippen LogP contribution in [0.1, 0.15) is 33.1 Å². The fourth-order valence-electron chi connectivity index (χ4n) is 0.445. The first-order valence-electron chi connectivity index (χ1n) is 4.60. The summed E-state index contributed by atoms with van der Waals surface area (Å²) in [4.78, 5) is 18.0. The summed E-state index contributed by atoms with van der Waals surface area (Å²) >= 11 is 0. The predicted molar refractivity (Wildman–Crippen MR) is 58.9 cm³/mol. The quantitative estimate of drug-likeness (QED) is 0.326. The molecular formula is C10H20O6. The summed E-state index contributed by atoms with van der Waals surface area (Å²) < 4.78 is 0. The van der Waals surface area contributed by atoms with E-state index in [1.807, 2.05) is 0 Å². The first-order chi connectivity index (χ1) is 7.23. The largest absolute Gasteiger partial charge is 0.481 e. The van der Waals surface area contributed by atoms with Gasteiger partial charge in [-0.3, -0.25) is 9.59 Å². The van der Waals surface area contributed by atoms with Crippen LogP contribution >= 0.6 is 0 Å². The van der Waals surface area contributed by atoms with Crippen LogP contribution in [0.25, 0.3) is 0 Å². The van der Waals surface area contributed by atoms with Crippen molar-refractivity contribution in [2.75, 3.05) is 0 Å². The fraction of sp³-hybridized carbons (Fsp3) is 0.600. The van der Waals surface area contributed by atoms with Crippen molar-refractivity contribution >= 4 is 11.9 Å². The Bertz CT molecular complexity index is 168. The maximum absolute atomic E-state index is 9.00. The van der Waals surface area contributed by atoms with Crippen LogP contribution in [-0.2, 0) is 9.59 Å². The minimum absolute atomic E-state index is 0.450. The first-order valence-corrected chi connectivity index (χ1v) is 4.60. The normalized spacial score (nSPS) is 8.06. The molecule has 0 saturated carbocycles. The molecule has 6 nitrogen and oxygen atoms in total. The zero-order valence-electron chi connectivity index (χ0n) is 9.59. The van der Waals surface area contributed by atoms with Crippen molar-refractivity contribution in [2.24, 2.45) is 0 Å². The lowest BCUT2D eigenvalue weighted by molar-refractivity contribution is -0.135. The third-order valence-corrected chi connectivity index (χ3v) is 0.871. The number of unbranched alkanes of at least 4 members (excludes halogenated alkanes) is 1. The standard InChI is InChI=1S/C6H12O2.2C2H4O2/c1-2-3-4-5-6(7)8;2*1-2(3)4/h2,6-8H,1,3-5H2;2*1H3,(H,3,4). The second kappa shape index (κ2) is 16.0. The Hall–Kier alpha value is -1.40. The van der Waals surface area contributed by atoms with Gasteiger partial charge in [-0.2, -0.15) is 0 Å². The highest BCUT2D eigenvalue weighted by molar-refractivity contribution is 5.63. The van der Waals surface area contributed by atoms with E-state index in [1.165, 1.54) is 0 Å². The van der Waals surface area contributed by atoms with Gasteiger partial charge in [-0.15, -0.1) is 6.58 Å². The van der Waals surface area contributed by atoms with Crippen LogP contribution in [0.2, 0.25) is 0 Å². The van der Waals surface area contributed by atoms with E-state index in [0.717, 1.165) is 26.7 Å². The molecule has 0 aromatic rings. The van der Waals surface area contributed by atoms with E-state index < -0.39 is 18.2 Å². The van der Waals surface area contributed by atoms with E-state index in [-0.39, 0.29) is 0 Å². The van der Waals surface area contributed by atoms with Crippen LogP contribution in [0.5, 0.6) is 0 Å². The molecule has 0 bridgehead atoms. The number of rotatable bonds is 4. The van der Waals surface area contributed by atoms with Gasteiger partial charge in [-0.1, -0.05) is 6.08 Å². The van der Waals surface area contributed by atoms with E-state index >= 15 is 0 Å². The number of hydrogen-bond donors (Lipinski definition) is 4. The topological polar surface area (TPSA) is 115 Å². The van der Waals surface area contributed by atoms with Crippen molar-refractivity contribution in [3.8, 4) is 0 Å². The van der Waals surface area contributed by atoms with Gasteiger partial charge in [0.1, 0.15) is 0 Å². The molecule has 0 aliphatic rings. The van der Waals surface area contributed by atoms with E-state index in [9.17, 15) is 0 Å². The summed E-state index contributed by atoms with van der Waals surface area (Å²) in [7, 11) is 0. The van der Waals surface area contributed by atoms with Gasteiger partial charge in [0.15, 0.2) is 6.29 Å². The Labute approximate surface area is 94.8 Å². The van der Waals surface area contributed by atoms with Gasteiger partial charge in [-0.05, 0) is 19.3 Å². The summed E-state index contributed by atoms with van der Waals surface area (Å²) in [6, 6.07) is 0. The first kappa shape index (κ1) is 20.1. The Kier molecular flexibility index (Phi) is 20.1. The number of carboxylic acids is 2. The molecule has 0 aliphatic heterocycles. The Morgan fingerprint density at radius 1 is 1.19 bits per heavy atom. The van der Waals surface area contributed by atoms with Gasteiger partial charge in [0.05, 0.1) is 0 Å². The predicted octanol–water partition coefficient (Wildman–Crippen LogP) is 0.835. The molecule has 0 saturated heterocycles. The molecule has 0 aromatic heterocycles. The monoisotopic (exact) mass is 236 g/mol. The summed E-state index contributed by atoms with van der Waals surface area (Å²) in [6.45, 7) is 5.66. The van der Waals surface area contributed by atoms with Gasteiger partial charge >= 0.3 is 0 Å². The third kappa shape index (κ3) is 131. The van der Waals surface area contributed by atoms with E-state index in [0.29, 0.717) is 6.42 Å². The lowest BCUT2D eigenvalue weighted by atomic mass is 10.2. The van der Waals surface area contributed by atoms with Gasteiger partial charge in [0, 0.05) is 13.8 Å². The number of carbonyl (C=O) groups is 2. The Morgan fingerprint density at radius 2 is 1.50 bits per heavy atom. The minimum Gasteiger partial charge on any atom is -0.481 e. The molecule has 4 N–H and O–H groups in total. The molecule has 0 heterocycles. The average Bonchev–Trinajstić information content (AvgIpc) is 2.01. The Balaban J connectivity index is -0.000000179. The average molecular weight is 236 g/mol. The summed E-state index contributed by atoms with van der Waals surface area (Å²) in [5.41, 5.74) is 0. The maximum Gasteiger partial charge on any atom is 0.300 e. The molecule has 96 valence electrons. The van der Waals surface area contributed by atoms with Gasteiger partial charge in [-0.25, -0.2) is 0 Å². The number of allylic oxidation sites excluding steroid dienone is 1. The van der Waals surface area contributed by atoms with Crippen LogP contribution in [0, 0.1) is 0 Å². The highest BCUT2D eigenvalue weighted by Gasteiger charge is 1.92. The van der Waals surface area contributed by atoms with Crippen molar-refractivity contribution in [2.45, 2.75) is 39.4 Å². The molecule has 0 spiro atoms. The highest BCUT2D eigenvalue weighted by atomic mass is 16.5. The van der Waals surface area contributed by atoms with Crippen LogP contribution in [0.15, 0.2) is 12.7 Å². The summed E-state index contributed by atoms with van der Waals surface area (Å²) in [5.74, 6) is -1.67. The molecule has 0 aliphatic carbocycles. The number of carboxylic acid groups (broad SMARTS) is 2. The maximum atomic E-state index is 9.00. The minimum atomic E-state index is -1.14. The molecular weight excluding hydrogens is 216 g/mol. The Morgan fingerprint density at radius 3 is 1.69 bits per heavy atom. The number of aliphatic hydroxyl groups excluding tert-OH is 1. The highest BCUT2D eigenvalue weighted by Crippen LogP contribution is 1.97. The summed E-state index contributed by atoms with van der Waals surface area (Å²) in [5, 5.41) is 31.4. The lowest BCUT2D eigenvalue weighted by Crippen LogP contribution is -2.02. The van der Waals surface area contributed by atoms with E-state index in [1.54, 1.807) is 6.08 Å². The van der Waals surface area contributed by atoms with Crippen molar-refractivity contribution in [1.29, 1.82) is 0 Å². The molecule has 0 atom stereocenters. The SMILES string of the molecule is C=CCCCC(O)O.CC(=O)O.CC(=O)O. The zero-order chi connectivity index (χ0) is 13.6. The van der Waals surface area contributed by atoms with Crippen molar-refractivity contribution in [1.82, 2.24) is 0 Å². The molecule has 0 fully saturated rings. The lowest BCUT2D eigenvalue weighted by Gasteiger charge is -1.98. The second-order valence-corrected chi connectivity index (χ2v) is 2.74. The van der Waals surface area contributed by atoms with Crippen LogP contribution in [0.4, 0.5) is 0 Å². The molecule has 0 unspecified atom stereocenters. The summed E-state index contributed by atoms with van der Waals surface area (Å²) in [6.07, 6.45) is 2.74. The third-order valence-electron chi connectivity index (χ3n) is 0.871.